The lowest BCUT2D eigenvalue weighted by atomic mass is 10.1. The first-order valence-electron chi connectivity index (χ1n) is 4.57. The third kappa shape index (κ3) is 4.35. The molecule has 0 aliphatic rings. The van der Waals surface area contributed by atoms with Crippen LogP contribution < -0.4 is 11.1 Å². The molecule has 1 atom stereocenters. The van der Waals surface area contributed by atoms with Crippen molar-refractivity contribution in [2.45, 2.75) is 12.5 Å². The predicted octanol–water partition coefficient (Wildman–Crippen LogP) is 0.585. The Morgan fingerprint density at radius 2 is 2.40 bits per heavy atom. The second-order valence-corrected chi connectivity index (χ2v) is 4.45. The molecule has 0 fully saturated rings. The largest absolute Gasteiger partial charge is 0.387 e. The van der Waals surface area contributed by atoms with Crippen LogP contribution in [-0.2, 0) is 0 Å². The van der Waals surface area contributed by atoms with Crippen LogP contribution in [0.25, 0.3) is 0 Å². The average Bonchev–Trinajstić information content (AvgIpc) is 2.15. The van der Waals surface area contributed by atoms with Crippen molar-refractivity contribution in [3.05, 3.63) is 12.3 Å². The Labute approximate surface area is 93.5 Å². The third-order valence-electron chi connectivity index (χ3n) is 1.76. The monoisotopic (exact) mass is 228 g/mol. The number of anilines is 2. The molecule has 4 N–H and O–H groups in total. The van der Waals surface area contributed by atoms with Gasteiger partial charge in [0.1, 0.15) is 5.82 Å². The number of hydrogen-bond acceptors (Lipinski definition) is 6. The Balaban J connectivity index is 2.49. The van der Waals surface area contributed by atoms with Crippen LogP contribution in [-0.4, -0.2) is 39.2 Å². The van der Waals surface area contributed by atoms with Crippen LogP contribution in [0.4, 0.5) is 11.8 Å². The van der Waals surface area contributed by atoms with Gasteiger partial charge in [-0.3, -0.25) is 0 Å². The molecule has 0 radical (unpaired) electrons. The van der Waals surface area contributed by atoms with Crippen LogP contribution in [0.2, 0.25) is 0 Å². The van der Waals surface area contributed by atoms with Crippen molar-refractivity contribution in [2.24, 2.45) is 0 Å². The van der Waals surface area contributed by atoms with Gasteiger partial charge in [0.05, 0.1) is 5.60 Å². The van der Waals surface area contributed by atoms with Crippen LogP contribution in [0, 0.1) is 0 Å². The van der Waals surface area contributed by atoms with Gasteiger partial charge in [-0.2, -0.15) is 16.7 Å². The Hall–Kier alpha value is -1.01. The van der Waals surface area contributed by atoms with E-state index < -0.39 is 5.60 Å². The fraction of sp³-hybridized carbons (Fsp3) is 0.556. The normalized spacial score (nSPS) is 14.6. The minimum Gasteiger partial charge on any atom is -0.387 e. The van der Waals surface area contributed by atoms with E-state index in [0.717, 1.165) is 0 Å². The van der Waals surface area contributed by atoms with Gasteiger partial charge in [-0.15, -0.1) is 0 Å². The molecule has 1 heterocycles. The van der Waals surface area contributed by atoms with Crippen LogP contribution in [0.3, 0.4) is 0 Å². The summed E-state index contributed by atoms with van der Waals surface area (Å²) in [5.41, 5.74) is 4.73. The first kappa shape index (κ1) is 12.1. The summed E-state index contributed by atoms with van der Waals surface area (Å²) in [4.78, 5) is 7.96. The minimum atomic E-state index is -0.770. The van der Waals surface area contributed by atoms with Crippen LogP contribution in [0.15, 0.2) is 12.3 Å². The number of thioether (sulfide) groups is 1. The maximum Gasteiger partial charge on any atom is 0.224 e. The first-order chi connectivity index (χ1) is 7.03. The highest BCUT2D eigenvalue weighted by molar-refractivity contribution is 7.98. The molecule has 0 bridgehead atoms. The van der Waals surface area contributed by atoms with E-state index in [1.165, 1.54) is 0 Å². The quantitative estimate of drug-likeness (QED) is 0.684. The molecule has 84 valence electrons. The number of nitrogen functional groups attached to an aromatic ring is 1. The van der Waals surface area contributed by atoms with Gasteiger partial charge in [-0.1, -0.05) is 0 Å². The van der Waals surface area contributed by atoms with Crippen LogP contribution in [0.5, 0.6) is 0 Å². The van der Waals surface area contributed by atoms with E-state index in [1.807, 2.05) is 6.26 Å². The molecule has 0 aromatic carbocycles. The van der Waals surface area contributed by atoms with Crippen molar-refractivity contribution in [2.75, 3.05) is 29.6 Å². The summed E-state index contributed by atoms with van der Waals surface area (Å²) in [7, 11) is 0. The summed E-state index contributed by atoms with van der Waals surface area (Å²) < 4.78 is 0. The van der Waals surface area contributed by atoms with Gasteiger partial charge in [0.15, 0.2) is 0 Å². The molecule has 0 spiro atoms. The Kier molecular flexibility index (Phi) is 4.16. The van der Waals surface area contributed by atoms with E-state index in [4.69, 9.17) is 5.73 Å². The minimum absolute atomic E-state index is 0.400. The lowest BCUT2D eigenvalue weighted by molar-refractivity contribution is 0.0995. The number of nitrogens with two attached hydrogens (primary N) is 1. The number of nitrogens with one attached hydrogen (secondary N) is 1. The van der Waals surface area contributed by atoms with Crippen molar-refractivity contribution in [3.63, 3.8) is 0 Å². The predicted molar refractivity (Wildman–Crippen MR) is 63.9 cm³/mol. The Bertz CT molecular complexity index is 319. The smallest absolute Gasteiger partial charge is 0.224 e. The van der Waals surface area contributed by atoms with Gasteiger partial charge in [-0.25, -0.2) is 4.98 Å². The molecule has 0 aliphatic carbocycles. The van der Waals surface area contributed by atoms with Gasteiger partial charge in [0.25, 0.3) is 0 Å². The van der Waals surface area contributed by atoms with Crippen LogP contribution in [0.1, 0.15) is 6.92 Å². The van der Waals surface area contributed by atoms with Gasteiger partial charge < -0.3 is 16.2 Å². The van der Waals surface area contributed by atoms with Crippen molar-refractivity contribution in [1.82, 2.24) is 9.97 Å². The zero-order chi connectivity index (χ0) is 11.3. The topological polar surface area (TPSA) is 84.1 Å². The fourth-order valence-electron chi connectivity index (χ4n) is 1.09. The second-order valence-electron chi connectivity index (χ2n) is 3.59. The standard InChI is InChI=1S/C9H16N4OS/c1-9(14,6-15-2)5-12-8-11-4-3-7(10)13-8/h3-4,14H,5-6H2,1-2H3,(H3,10,11,12,13). The van der Waals surface area contributed by atoms with Crippen molar-refractivity contribution in [3.8, 4) is 0 Å². The van der Waals surface area contributed by atoms with Gasteiger partial charge in [-0.05, 0) is 19.2 Å². The number of aliphatic hydroxyl groups is 1. The zero-order valence-corrected chi connectivity index (χ0v) is 9.71. The molecule has 0 saturated carbocycles. The number of nitrogens with zero attached hydrogens (tertiary/aromatic N) is 2. The molecule has 0 aliphatic heterocycles. The summed E-state index contributed by atoms with van der Waals surface area (Å²) in [5.74, 6) is 1.51. The first-order valence-corrected chi connectivity index (χ1v) is 5.96. The molecule has 1 aromatic heterocycles. The van der Waals surface area contributed by atoms with Gasteiger partial charge in [0.2, 0.25) is 5.95 Å². The van der Waals surface area contributed by atoms with E-state index in [0.29, 0.717) is 24.1 Å². The van der Waals surface area contributed by atoms with Gasteiger partial charge >= 0.3 is 0 Å². The van der Waals surface area contributed by atoms with Crippen molar-refractivity contribution >= 4 is 23.5 Å². The third-order valence-corrected chi connectivity index (χ3v) is 2.67. The molecule has 5 nitrogen and oxygen atoms in total. The maximum absolute atomic E-state index is 9.87. The Morgan fingerprint density at radius 1 is 1.67 bits per heavy atom. The van der Waals surface area contributed by atoms with E-state index in [-0.39, 0.29) is 0 Å². The highest BCUT2D eigenvalue weighted by Gasteiger charge is 2.19. The maximum atomic E-state index is 9.87. The summed E-state index contributed by atoms with van der Waals surface area (Å²) in [6.45, 7) is 2.17. The molecule has 6 heteroatoms. The molecule has 0 amide bonds. The molecule has 1 aromatic rings. The SMILES string of the molecule is CSCC(C)(O)CNc1nccc(N)n1. The van der Waals surface area contributed by atoms with E-state index in [9.17, 15) is 5.11 Å². The molecule has 1 rings (SSSR count). The summed E-state index contributed by atoms with van der Waals surface area (Å²) in [5, 5.41) is 12.8. The van der Waals surface area contributed by atoms with E-state index >= 15 is 0 Å². The summed E-state index contributed by atoms with van der Waals surface area (Å²) >= 11 is 1.59. The van der Waals surface area contributed by atoms with Crippen LogP contribution >= 0.6 is 11.8 Å². The highest BCUT2D eigenvalue weighted by atomic mass is 32.2. The molecular weight excluding hydrogens is 212 g/mol. The Morgan fingerprint density at radius 3 is 3.00 bits per heavy atom. The van der Waals surface area contributed by atoms with Crippen molar-refractivity contribution in [1.29, 1.82) is 0 Å². The molecular formula is C9H16N4OS. The fourth-order valence-corrected chi connectivity index (χ4v) is 1.81. The number of aromatic nitrogens is 2. The van der Waals surface area contributed by atoms with E-state index in [1.54, 1.807) is 30.9 Å². The van der Waals surface area contributed by atoms with Crippen molar-refractivity contribution < 1.29 is 5.11 Å². The van der Waals surface area contributed by atoms with E-state index in [2.05, 4.69) is 15.3 Å². The summed E-state index contributed by atoms with van der Waals surface area (Å²) in [6.07, 6.45) is 3.53. The number of rotatable bonds is 5. The highest BCUT2D eigenvalue weighted by Crippen LogP contribution is 2.11. The van der Waals surface area contributed by atoms with Gasteiger partial charge in [0, 0.05) is 18.5 Å². The molecule has 0 saturated heterocycles. The number of hydrogen-bond donors (Lipinski definition) is 3. The molecule has 1 unspecified atom stereocenters. The second kappa shape index (κ2) is 5.18. The zero-order valence-electron chi connectivity index (χ0n) is 8.90. The summed E-state index contributed by atoms with van der Waals surface area (Å²) in [6, 6.07) is 1.62. The average molecular weight is 228 g/mol. The molecule has 15 heavy (non-hydrogen) atoms. The lowest BCUT2D eigenvalue weighted by Crippen LogP contribution is -2.36. The lowest BCUT2D eigenvalue weighted by Gasteiger charge is -2.22.